The summed E-state index contributed by atoms with van der Waals surface area (Å²) in [5.74, 6) is -0.425. The molecule has 6 nitrogen and oxygen atoms in total. The molecular formula is C22H28N4O2S. The van der Waals surface area contributed by atoms with Gasteiger partial charge in [-0.15, -0.1) is 10.2 Å². The Kier molecular flexibility index (Phi) is 5.42. The first kappa shape index (κ1) is 20.0. The number of amides is 2. The van der Waals surface area contributed by atoms with E-state index < -0.39 is 11.5 Å². The van der Waals surface area contributed by atoms with Crippen molar-refractivity contribution in [2.75, 3.05) is 5.32 Å². The van der Waals surface area contributed by atoms with E-state index in [0.717, 1.165) is 49.1 Å². The van der Waals surface area contributed by atoms with Gasteiger partial charge in [-0.2, -0.15) is 0 Å². The van der Waals surface area contributed by atoms with Crippen molar-refractivity contribution >= 4 is 28.3 Å². The van der Waals surface area contributed by atoms with Crippen LogP contribution in [0.4, 0.5) is 5.13 Å². The van der Waals surface area contributed by atoms with Gasteiger partial charge in [0.2, 0.25) is 11.0 Å². The first-order valence-corrected chi connectivity index (χ1v) is 11.4. The van der Waals surface area contributed by atoms with E-state index in [9.17, 15) is 9.59 Å². The van der Waals surface area contributed by atoms with Crippen LogP contribution in [0.3, 0.4) is 0 Å². The van der Waals surface area contributed by atoms with Gasteiger partial charge in [-0.05, 0) is 44.2 Å². The highest BCUT2D eigenvalue weighted by molar-refractivity contribution is 7.15. The fourth-order valence-electron chi connectivity index (χ4n) is 5.05. The van der Waals surface area contributed by atoms with Gasteiger partial charge in [-0.1, -0.05) is 56.2 Å². The number of aryl methyl sites for hydroxylation is 1. The average Bonchev–Trinajstić information content (AvgIpc) is 3.38. The summed E-state index contributed by atoms with van der Waals surface area (Å²) in [5, 5.41) is 12.7. The van der Waals surface area contributed by atoms with Gasteiger partial charge < -0.3 is 4.90 Å². The molecule has 1 N–H and O–H groups in total. The fraction of sp³-hybridized carbons (Fsp3) is 0.545. The Morgan fingerprint density at radius 2 is 2.00 bits per heavy atom. The van der Waals surface area contributed by atoms with E-state index in [1.165, 1.54) is 11.3 Å². The summed E-state index contributed by atoms with van der Waals surface area (Å²) in [5.41, 5.74) is 1.03. The summed E-state index contributed by atoms with van der Waals surface area (Å²) >= 11 is 1.41. The lowest BCUT2D eigenvalue weighted by atomic mass is 9.70. The highest BCUT2D eigenvalue weighted by atomic mass is 32.1. The number of hydrogen-bond donors (Lipinski definition) is 1. The highest BCUT2D eigenvalue weighted by Gasteiger charge is 2.56. The second-order valence-corrected chi connectivity index (χ2v) is 9.17. The molecule has 1 spiro atoms. The third-order valence-electron chi connectivity index (χ3n) is 6.50. The Hall–Kier alpha value is -2.28. The summed E-state index contributed by atoms with van der Waals surface area (Å²) in [6.45, 7) is 6.22. The largest absolute Gasteiger partial charge is 0.329 e. The van der Waals surface area contributed by atoms with Crippen LogP contribution in [0, 0.1) is 0 Å². The quantitative estimate of drug-likeness (QED) is 0.790. The molecule has 7 heteroatoms. The molecule has 2 aliphatic rings. The van der Waals surface area contributed by atoms with Crippen LogP contribution in [0.1, 0.15) is 79.7 Å². The number of fused-ring (bicyclic) bond motifs is 1. The van der Waals surface area contributed by atoms with Gasteiger partial charge in [0.05, 0.1) is 11.5 Å². The monoisotopic (exact) mass is 412 g/mol. The molecule has 29 heavy (non-hydrogen) atoms. The van der Waals surface area contributed by atoms with Gasteiger partial charge in [-0.3, -0.25) is 14.9 Å². The maximum absolute atomic E-state index is 13.6. The van der Waals surface area contributed by atoms with Crippen molar-refractivity contribution in [3.05, 3.63) is 40.4 Å². The minimum atomic E-state index is -0.469. The van der Waals surface area contributed by atoms with E-state index in [0.29, 0.717) is 10.7 Å². The highest BCUT2D eigenvalue weighted by Crippen LogP contribution is 2.51. The minimum Gasteiger partial charge on any atom is -0.329 e. The van der Waals surface area contributed by atoms with E-state index >= 15 is 0 Å². The van der Waals surface area contributed by atoms with Crippen LogP contribution in [0.15, 0.2) is 24.3 Å². The number of nitrogens with one attached hydrogen (secondary N) is 1. The van der Waals surface area contributed by atoms with Crippen LogP contribution < -0.4 is 5.32 Å². The van der Waals surface area contributed by atoms with Crippen LogP contribution in [0.25, 0.3) is 0 Å². The predicted molar refractivity (Wildman–Crippen MR) is 114 cm³/mol. The first-order valence-electron chi connectivity index (χ1n) is 10.6. The summed E-state index contributed by atoms with van der Waals surface area (Å²) in [6.07, 6.45) is 5.42. The van der Waals surface area contributed by atoms with Gasteiger partial charge in [0.1, 0.15) is 5.01 Å². The van der Waals surface area contributed by atoms with Crippen molar-refractivity contribution < 1.29 is 9.59 Å². The molecule has 2 aromatic rings. The molecule has 0 unspecified atom stereocenters. The Morgan fingerprint density at radius 3 is 2.66 bits per heavy atom. The number of aromatic nitrogens is 2. The minimum absolute atomic E-state index is 0.0603. The van der Waals surface area contributed by atoms with Crippen LogP contribution in [0.2, 0.25) is 0 Å². The van der Waals surface area contributed by atoms with Crippen LogP contribution in [-0.2, 0) is 11.2 Å². The Bertz CT molecular complexity index is 919. The number of rotatable bonds is 5. The average molecular weight is 413 g/mol. The second-order valence-electron chi connectivity index (χ2n) is 8.11. The number of anilines is 1. The topological polar surface area (TPSA) is 75.2 Å². The summed E-state index contributed by atoms with van der Waals surface area (Å²) in [6, 6.07) is 7.69. The zero-order chi connectivity index (χ0) is 20.6. The normalized spacial score (nSPS) is 21.3. The van der Waals surface area contributed by atoms with Crippen LogP contribution in [0.5, 0.6) is 0 Å². The van der Waals surface area contributed by atoms with Gasteiger partial charge in [0, 0.05) is 11.6 Å². The Morgan fingerprint density at radius 1 is 1.28 bits per heavy atom. The molecule has 2 amide bonds. The zero-order valence-corrected chi connectivity index (χ0v) is 18.1. The van der Waals surface area contributed by atoms with Gasteiger partial charge in [0.15, 0.2) is 0 Å². The molecule has 2 atom stereocenters. The third kappa shape index (κ3) is 3.25. The molecule has 0 saturated heterocycles. The third-order valence-corrected chi connectivity index (χ3v) is 7.48. The number of carbonyl (C=O) groups excluding carboxylic acids is 2. The van der Waals surface area contributed by atoms with E-state index in [1.807, 2.05) is 36.1 Å². The van der Waals surface area contributed by atoms with Crippen LogP contribution >= 0.6 is 11.3 Å². The predicted octanol–water partition coefficient (Wildman–Crippen LogP) is 4.39. The molecule has 1 aliphatic carbocycles. The number of hydrogen-bond acceptors (Lipinski definition) is 5. The molecular weight excluding hydrogens is 384 g/mol. The summed E-state index contributed by atoms with van der Waals surface area (Å²) in [7, 11) is 0. The van der Waals surface area contributed by atoms with Crippen molar-refractivity contribution in [1.29, 1.82) is 0 Å². The standard InChI is InChI=1S/C22H28N4O2S/c1-4-14(3)26-20(28)16-11-7-6-10-15(16)18(22(26)12-8-9-13-22)19(27)23-21-25-24-17(5-2)29-21/h6-7,10-11,14,18H,4-5,8-9,12-13H2,1-3H3,(H,23,25,27)/t14-,18-/m0/s1. The smallest absolute Gasteiger partial charge is 0.254 e. The van der Waals surface area contributed by atoms with Crippen molar-refractivity contribution in [2.45, 2.75) is 76.8 Å². The number of benzene rings is 1. The molecule has 0 bridgehead atoms. The van der Waals surface area contributed by atoms with Crippen molar-refractivity contribution in [2.24, 2.45) is 0 Å². The molecule has 0 radical (unpaired) electrons. The lowest BCUT2D eigenvalue weighted by molar-refractivity contribution is -0.121. The SMILES string of the molecule is CCc1nnc(NC(=O)[C@@H]2c3ccccc3C(=O)N([C@@H](C)CC)C23CCCC3)s1. The van der Waals surface area contributed by atoms with Gasteiger partial charge in [0.25, 0.3) is 5.91 Å². The number of nitrogens with zero attached hydrogens (tertiary/aromatic N) is 3. The van der Waals surface area contributed by atoms with Gasteiger partial charge in [-0.25, -0.2) is 0 Å². The maximum Gasteiger partial charge on any atom is 0.254 e. The van der Waals surface area contributed by atoms with Crippen molar-refractivity contribution in [3.8, 4) is 0 Å². The van der Waals surface area contributed by atoms with E-state index in [1.54, 1.807) is 0 Å². The van der Waals surface area contributed by atoms with E-state index in [2.05, 4.69) is 29.4 Å². The fourth-order valence-corrected chi connectivity index (χ4v) is 5.73. The molecule has 1 aromatic heterocycles. The lowest BCUT2D eigenvalue weighted by Gasteiger charge is -2.52. The molecule has 1 fully saturated rings. The van der Waals surface area contributed by atoms with Crippen molar-refractivity contribution in [3.63, 3.8) is 0 Å². The molecule has 1 saturated carbocycles. The zero-order valence-electron chi connectivity index (χ0n) is 17.3. The van der Waals surface area contributed by atoms with Crippen molar-refractivity contribution in [1.82, 2.24) is 15.1 Å². The Labute approximate surface area is 175 Å². The van der Waals surface area contributed by atoms with E-state index in [-0.39, 0.29) is 17.9 Å². The first-order chi connectivity index (χ1) is 14.0. The Balaban J connectivity index is 1.80. The number of carbonyl (C=O) groups is 2. The maximum atomic E-state index is 13.6. The molecule has 1 aliphatic heterocycles. The molecule has 1 aromatic carbocycles. The van der Waals surface area contributed by atoms with Gasteiger partial charge >= 0.3 is 0 Å². The van der Waals surface area contributed by atoms with E-state index in [4.69, 9.17) is 0 Å². The molecule has 154 valence electrons. The lowest BCUT2D eigenvalue weighted by Crippen LogP contribution is -2.62. The second kappa shape index (κ2) is 7.86. The molecule has 2 heterocycles. The summed E-state index contributed by atoms with van der Waals surface area (Å²) in [4.78, 5) is 29.2. The van der Waals surface area contributed by atoms with Crippen LogP contribution in [-0.4, -0.2) is 38.5 Å². The molecule has 4 rings (SSSR count). The summed E-state index contributed by atoms with van der Waals surface area (Å²) < 4.78 is 0.